The minimum absolute atomic E-state index is 0.0761. The van der Waals surface area contributed by atoms with Crippen molar-refractivity contribution in [2.24, 2.45) is 0 Å². The monoisotopic (exact) mass is 377 g/mol. The molecule has 1 atom stereocenters. The van der Waals surface area contributed by atoms with Crippen molar-refractivity contribution < 1.29 is 33.3 Å². The number of hydrogen-bond donors (Lipinski definition) is 1. The number of nitrogens with one attached hydrogen (secondary N) is 1. The first-order chi connectivity index (χ1) is 12.9. The molecule has 1 aromatic carbocycles. The Morgan fingerprint density at radius 2 is 1.74 bits per heavy atom. The Kier molecular flexibility index (Phi) is 6.44. The lowest BCUT2D eigenvalue weighted by molar-refractivity contribution is -0.164. The van der Waals surface area contributed by atoms with Crippen LogP contribution in [0.1, 0.15) is 19.4 Å². The van der Waals surface area contributed by atoms with Gasteiger partial charge in [0.1, 0.15) is 5.75 Å². The largest absolute Gasteiger partial charge is 0.497 e. The van der Waals surface area contributed by atoms with Gasteiger partial charge in [0.2, 0.25) is 5.41 Å². The summed E-state index contributed by atoms with van der Waals surface area (Å²) in [4.78, 5) is 37.6. The molecule has 0 aromatic heterocycles. The van der Waals surface area contributed by atoms with Gasteiger partial charge in [-0.2, -0.15) is 0 Å². The van der Waals surface area contributed by atoms with E-state index in [1.807, 2.05) is 0 Å². The minimum atomic E-state index is -1.82. The number of anilines is 1. The Hall–Kier alpha value is -3.03. The van der Waals surface area contributed by atoms with Gasteiger partial charge >= 0.3 is 17.9 Å². The molecule has 1 N–H and O–H groups in total. The summed E-state index contributed by atoms with van der Waals surface area (Å²) in [5.41, 5.74) is -0.921. The molecule has 0 amide bonds. The number of carbonyl (C=O) groups excluding carboxylic acids is 3. The summed E-state index contributed by atoms with van der Waals surface area (Å²) >= 11 is 0. The van der Waals surface area contributed by atoms with Gasteiger partial charge in [-0.05, 0) is 32.0 Å². The second-order valence-corrected chi connectivity index (χ2v) is 5.66. The number of fused-ring (bicyclic) bond motifs is 1. The van der Waals surface area contributed by atoms with E-state index in [4.69, 9.17) is 14.2 Å². The molecule has 1 aliphatic heterocycles. The van der Waals surface area contributed by atoms with Crippen molar-refractivity contribution in [3.8, 4) is 5.75 Å². The molecule has 1 unspecified atom stereocenters. The Labute approximate surface area is 157 Å². The molecule has 1 aliphatic rings. The van der Waals surface area contributed by atoms with Crippen molar-refractivity contribution in [2.45, 2.75) is 25.3 Å². The molecule has 8 nitrogen and oxygen atoms in total. The van der Waals surface area contributed by atoms with Crippen molar-refractivity contribution in [1.29, 1.82) is 0 Å². The quantitative estimate of drug-likeness (QED) is 0.331. The number of rotatable bonds is 7. The lowest BCUT2D eigenvalue weighted by atomic mass is 9.76. The second-order valence-electron chi connectivity index (χ2n) is 5.66. The summed E-state index contributed by atoms with van der Waals surface area (Å²) in [5, 5.41) is 3.08. The molecule has 0 saturated heterocycles. The van der Waals surface area contributed by atoms with Crippen LogP contribution in [0.3, 0.4) is 0 Å². The Morgan fingerprint density at radius 3 is 2.26 bits per heavy atom. The predicted molar refractivity (Wildman–Crippen MR) is 96.5 cm³/mol. The van der Waals surface area contributed by atoms with E-state index in [1.165, 1.54) is 20.3 Å². The first-order valence-corrected chi connectivity index (χ1v) is 8.51. The summed E-state index contributed by atoms with van der Waals surface area (Å²) in [6.07, 6.45) is 2.54. The fourth-order valence-corrected chi connectivity index (χ4v) is 3.03. The number of methoxy groups -OCH3 is 2. The van der Waals surface area contributed by atoms with Crippen LogP contribution in [-0.2, 0) is 34.0 Å². The molecular formula is C19H23NO7. The van der Waals surface area contributed by atoms with Gasteiger partial charge in [0, 0.05) is 17.3 Å². The standard InChI is InChI=1S/C19H23NO7/c1-5-26-17(22)19(18(23)27-6-2)13-11-12(24-3)7-8-14(13)20-15(19)9-10-16(21)25-4/h7-11,15,20H,5-6H2,1-4H3. The molecule has 27 heavy (non-hydrogen) atoms. The third-order valence-corrected chi connectivity index (χ3v) is 4.25. The van der Waals surface area contributed by atoms with Crippen molar-refractivity contribution >= 4 is 23.6 Å². The van der Waals surface area contributed by atoms with E-state index in [2.05, 4.69) is 10.1 Å². The third kappa shape index (κ3) is 3.60. The molecule has 1 heterocycles. The van der Waals surface area contributed by atoms with E-state index >= 15 is 0 Å². The van der Waals surface area contributed by atoms with Crippen molar-refractivity contribution in [3.63, 3.8) is 0 Å². The molecule has 1 aromatic rings. The normalized spacial score (nSPS) is 17.0. The van der Waals surface area contributed by atoms with Crippen LogP contribution < -0.4 is 10.1 Å². The molecule has 0 saturated carbocycles. The van der Waals surface area contributed by atoms with Crippen molar-refractivity contribution in [1.82, 2.24) is 0 Å². The zero-order valence-corrected chi connectivity index (χ0v) is 15.7. The van der Waals surface area contributed by atoms with Gasteiger partial charge in [-0.25, -0.2) is 4.79 Å². The predicted octanol–water partition coefficient (Wildman–Crippen LogP) is 1.58. The number of esters is 3. The molecule has 146 valence electrons. The SMILES string of the molecule is CCOC(=O)C1(C(=O)OCC)c2cc(OC)ccc2NC1C=CC(=O)OC. The van der Waals surface area contributed by atoms with Gasteiger partial charge in [-0.15, -0.1) is 0 Å². The molecule has 0 aliphatic carbocycles. The molecular weight excluding hydrogens is 354 g/mol. The lowest BCUT2D eigenvalue weighted by Gasteiger charge is -2.29. The molecule has 8 heteroatoms. The number of hydrogen-bond acceptors (Lipinski definition) is 8. The van der Waals surface area contributed by atoms with Crippen LogP contribution >= 0.6 is 0 Å². The summed E-state index contributed by atoms with van der Waals surface area (Å²) in [6.45, 7) is 3.44. The highest BCUT2D eigenvalue weighted by atomic mass is 16.6. The smallest absolute Gasteiger partial charge is 0.330 e. The molecule has 2 rings (SSSR count). The maximum atomic E-state index is 13.0. The molecule has 0 fully saturated rings. The number of carbonyl (C=O) groups is 3. The summed E-state index contributed by atoms with van der Waals surface area (Å²) < 4.78 is 20.3. The first-order valence-electron chi connectivity index (χ1n) is 8.51. The minimum Gasteiger partial charge on any atom is -0.497 e. The van der Waals surface area contributed by atoms with E-state index in [-0.39, 0.29) is 13.2 Å². The van der Waals surface area contributed by atoms with E-state index in [9.17, 15) is 14.4 Å². The topological polar surface area (TPSA) is 100 Å². The van der Waals surface area contributed by atoms with Gasteiger partial charge in [-0.3, -0.25) is 9.59 Å². The number of benzene rings is 1. The Balaban J connectivity index is 2.69. The third-order valence-electron chi connectivity index (χ3n) is 4.25. The van der Waals surface area contributed by atoms with E-state index in [0.29, 0.717) is 17.0 Å². The summed E-state index contributed by atoms with van der Waals surface area (Å²) in [7, 11) is 2.72. The van der Waals surface area contributed by atoms with Crippen molar-refractivity contribution in [2.75, 3.05) is 32.8 Å². The highest BCUT2D eigenvalue weighted by Crippen LogP contribution is 2.45. The Bertz CT molecular complexity index is 738. The first kappa shape index (κ1) is 20.3. The molecule has 0 radical (unpaired) electrons. The van der Waals surface area contributed by atoms with Gasteiger partial charge in [0.05, 0.1) is 33.5 Å². The Morgan fingerprint density at radius 1 is 1.11 bits per heavy atom. The zero-order chi connectivity index (χ0) is 20.0. The molecule has 0 bridgehead atoms. The van der Waals surface area contributed by atoms with Crippen LogP contribution in [0.25, 0.3) is 0 Å². The van der Waals surface area contributed by atoms with Gasteiger partial charge < -0.3 is 24.3 Å². The van der Waals surface area contributed by atoms with Crippen LogP contribution in [-0.4, -0.2) is 51.4 Å². The summed E-state index contributed by atoms with van der Waals surface area (Å²) in [6, 6.07) is 4.06. The zero-order valence-electron chi connectivity index (χ0n) is 15.7. The van der Waals surface area contributed by atoms with E-state index in [0.717, 1.165) is 6.08 Å². The fourth-order valence-electron chi connectivity index (χ4n) is 3.03. The number of ether oxygens (including phenoxy) is 4. The van der Waals surface area contributed by atoms with Gasteiger partial charge in [-0.1, -0.05) is 6.08 Å². The highest BCUT2D eigenvalue weighted by Gasteiger charge is 2.60. The fraction of sp³-hybridized carbons (Fsp3) is 0.421. The second kappa shape index (κ2) is 8.57. The van der Waals surface area contributed by atoms with Gasteiger partial charge in [0.15, 0.2) is 0 Å². The maximum absolute atomic E-state index is 13.0. The average molecular weight is 377 g/mol. The van der Waals surface area contributed by atoms with Crippen LogP contribution in [0.5, 0.6) is 5.75 Å². The maximum Gasteiger partial charge on any atom is 0.330 e. The summed E-state index contributed by atoms with van der Waals surface area (Å²) in [5.74, 6) is -1.71. The van der Waals surface area contributed by atoms with Crippen molar-refractivity contribution in [3.05, 3.63) is 35.9 Å². The van der Waals surface area contributed by atoms with E-state index < -0.39 is 29.4 Å². The molecule has 0 spiro atoms. The van der Waals surface area contributed by atoms with Gasteiger partial charge in [0.25, 0.3) is 0 Å². The lowest BCUT2D eigenvalue weighted by Crippen LogP contribution is -2.53. The van der Waals surface area contributed by atoms with Crippen LogP contribution in [0.4, 0.5) is 5.69 Å². The van der Waals surface area contributed by atoms with Crippen LogP contribution in [0.2, 0.25) is 0 Å². The highest BCUT2D eigenvalue weighted by molar-refractivity contribution is 6.11. The van der Waals surface area contributed by atoms with Crippen LogP contribution in [0.15, 0.2) is 30.4 Å². The van der Waals surface area contributed by atoms with E-state index in [1.54, 1.807) is 32.0 Å². The van der Waals surface area contributed by atoms with Crippen LogP contribution in [0, 0.1) is 0 Å². The average Bonchev–Trinajstić information content (AvgIpc) is 3.00.